The summed E-state index contributed by atoms with van der Waals surface area (Å²) in [6.07, 6.45) is 1.39. The van der Waals surface area contributed by atoms with Gasteiger partial charge in [-0.05, 0) is 58.5 Å². The van der Waals surface area contributed by atoms with Crippen LogP contribution in [0.2, 0.25) is 0 Å². The van der Waals surface area contributed by atoms with Crippen LogP contribution in [0.15, 0.2) is 168 Å². The molecule has 0 fully saturated rings. The van der Waals surface area contributed by atoms with Crippen molar-refractivity contribution in [2.75, 3.05) is 0 Å². The Hall–Kier alpha value is -6.46. The maximum Gasteiger partial charge on any atom is 0.168 e. The van der Waals surface area contributed by atoms with E-state index in [0.29, 0.717) is 5.65 Å². The molecule has 0 saturated heterocycles. The first kappa shape index (κ1) is 30.0. The predicted octanol–water partition coefficient (Wildman–Crippen LogP) is 12.1. The molecule has 0 amide bonds. The summed E-state index contributed by atoms with van der Waals surface area (Å²) < 4.78 is 30.7. The smallest absolute Gasteiger partial charge is 0.168 e. The summed E-state index contributed by atoms with van der Waals surface area (Å²) in [5.74, 6) is 0.753. The topological polar surface area (TPSA) is 56.7 Å². The minimum Gasteiger partial charge on any atom is -0.500 e. The molecule has 6 heteroatoms. The van der Waals surface area contributed by atoms with Crippen LogP contribution in [0, 0.1) is 19.0 Å². The number of aryl methyl sites for hydroxylation is 1. The van der Waals surface area contributed by atoms with Gasteiger partial charge in [0.1, 0.15) is 5.58 Å². The number of hydrogen-bond donors (Lipinski definition) is 0. The van der Waals surface area contributed by atoms with E-state index in [-0.39, 0.29) is 25.7 Å². The Morgan fingerprint density at radius 1 is 0.630 bits per heavy atom. The fourth-order valence-corrected chi connectivity index (χ4v) is 7.17. The molecule has 54 heavy (non-hydrogen) atoms. The van der Waals surface area contributed by atoms with E-state index in [2.05, 4.69) is 101 Å². The number of fused-ring (bicyclic) bond motifs is 9. The van der Waals surface area contributed by atoms with Crippen LogP contribution >= 0.6 is 0 Å². The van der Waals surface area contributed by atoms with E-state index in [0.717, 1.165) is 77.5 Å². The quantitative estimate of drug-likeness (QED) is 0.131. The minimum absolute atomic E-state index is 0. The van der Waals surface area contributed by atoms with Crippen LogP contribution < -0.4 is 0 Å². The Kier molecular flexibility index (Phi) is 7.70. The summed E-state index contributed by atoms with van der Waals surface area (Å²) in [6.45, 7) is -2.09. The third-order valence-electron chi connectivity index (χ3n) is 9.64. The molecule has 4 heterocycles. The van der Waals surface area contributed by atoms with Gasteiger partial charge in [0.2, 0.25) is 0 Å². The molecule has 0 aliphatic carbocycles. The third kappa shape index (κ3) is 5.73. The number of hydrogen-bond acceptors (Lipinski definition) is 4. The second-order valence-electron chi connectivity index (χ2n) is 12.9. The normalized spacial score (nSPS) is 12.3. The first-order valence-corrected chi connectivity index (χ1v) is 17.4. The van der Waals surface area contributed by atoms with Gasteiger partial charge in [0.15, 0.2) is 5.65 Å². The average Bonchev–Trinajstić information content (AvgIpc) is 3.81. The van der Waals surface area contributed by atoms with E-state index >= 15 is 0 Å². The van der Waals surface area contributed by atoms with E-state index in [1.54, 1.807) is 18.2 Å². The molecule has 0 aliphatic rings. The Balaban J connectivity index is 0.000000210. The van der Waals surface area contributed by atoms with Gasteiger partial charge in [-0.1, -0.05) is 108 Å². The van der Waals surface area contributed by atoms with Gasteiger partial charge in [-0.25, -0.2) is 4.98 Å². The van der Waals surface area contributed by atoms with Gasteiger partial charge < -0.3 is 14.0 Å². The molecule has 0 unspecified atom stereocenters. The molecule has 0 saturated carbocycles. The van der Waals surface area contributed by atoms with Crippen LogP contribution in [0.1, 0.15) is 9.68 Å². The SMILES string of the molecule is [2H]C([2H])([2H])c1ccc(-c2[c-]cccc2)nc1.[Ir].[c-]1ccc2c(oc3c2ccc2ccc4ccccc4c23)c1-c1nc2nc3ccccc3cc2n1-c1ccccc1. The average molecular weight is 874 g/mol. The van der Waals surface area contributed by atoms with Gasteiger partial charge in [0.25, 0.3) is 0 Å². The molecule has 11 rings (SSSR count). The second kappa shape index (κ2) is 13.8. The van der Waals surface area contributed by atoms with Crippen molar-refractivity contribution in [2.45, 2.75) is 6.85 Å². The van der Waals surface area contributed by atoms with Crippen molar-refractivity contribution in [3.63, 3.8) is 0 Å². The summed E-state index contributed by atoms with van der Waals surface area (Å²) in [4.78, 5) is 14.2. The number of aromatic nitrogens is 4. The maximum atomic E-state index is 7.23. The molecule has 0 bridgehead atoms. The first-order chi connectivity index (χ1) is 27.4. The molecule has 0 atom stereocenters. The van der Waals surface area contributed by atoms with E-state index < -0.39 is 6.85 Å². The molecule has 1 radical (unpaired) electrons. The molecular weight excluding hydrogens is 841 g/mol. The third-order valence-corrected chi connectivity index (χ3v) is 9.64. The van der Waals surface area contributed by atoms with E-state index in [9.17, 15) is 0 Å². The van der Waals surface area contributed by atoms with Crippen LogP contribution in [-0.2, 0) is 20.1 Å². The summed E-state index contributed by atoms with van der Waals surface area (Å²) in [7, 11) is 0. The van der Waals surface area contributed by atoms with Gasteiger partial charge in [0.05, 0.1) is 22.4 Å². The van der Waals surface area contributed by atoms with Crippen molar-refractivity contribution in [2.24, 2.45) is 0 Å². The van der Waals surface area contributed by atoms with E-state index in [1.165, 1.54) is 17.0 Å². The molecule has 259 valence electrons. The van der Waals surface area contributed by atoms with Crippen LogP contribution in [0.4, 0.5) is 0 Å². The summed E-state index contributed by atoms with van der Waals surface area (Å²) in [6, 6.07) is 59.1. The number of nitrogens with zero attached hydrogens (tertiary/aromatic N) is 4. The molecule has 0 spiro atoms. The fraction of sp³-hybridized carbons (Fsp3) is 0.0208. The molecular formula is C48H30IrN4O-2. The van der Waals surface area contributed by atoms with Crippen molar-refractivity contribution in [1.29, 1.82) is 0 Å². The zero-order valence-corrected chi connectivity index (χ0v) is 31.0. The van der Waals surface area contributed by atoms with Gasteiger partial charge >= 0.3 is 0 Å². The molecule has 0 N–H and O–H groups in total. The Labute approximate surface area is 329 Å². The summed E-state index contributed by atoms with van der Waals surface area (Å²) in [5.41, 5.74) is 7.88. The Bertz CT molecular complexity index is 3230. The van der Waals surface area contributed by atoms with Gasteiger partial charge in [-0.3, -0.25) is 4.98 Å². The number of benzene rings is 7. The van der Waals surface area contributed by atoms with Crippen molar-refractivity contribution >= 4 is 65.6 Å². The van der Waals surface area contributed by atoms with E-state index in [1.807, 2.05) is 60.7 Å². The van der Waals surface area contributed by atoms with E-state index in [4.69, 9.17) is 18.5 Å². The number of para-hydroxylation sites is 2. The van der Waals surface area contributed by atoms with Crippen molar-refractivity contribution in [3.05, 3.63) is 182 Å². The molecule has 7 aromatic carbocycles. The second-order valence-corrected chi connectivity index (χ2v) is 12.9. The summed E-state index contributed by atoms with van der Waals surface area (Å²) in [5, 5.41) is 7.86. The van der Waals surface area contributed by atoms with Gasteiger partial charge in [-0.15, -0.1) is 54.1 Å². The first-order valence-electron chi connectivity index (χ1n) is 18.9. The predicted molar refractivity (Wildman–Crippen MR) is 216 cm³/mol. The summed E-state index contributed by atoms with van der Waals surface area (Å²) >= 11 is 0. The molecule has 11 aromatic rings. The van der Waals surface area contributed by atoms with Gasteiger partial charge in [-0.2, -0.15) is 0 Å². The number of imidazole rings is 1. The minimum atomic E-state index is -2.09. The maximum absolute atomic E-state index is 7.23. The number of rotatable bonds is 3. The van der Waals surface area contributed by atoms with Crippen LogP contribution in [-0.4, -0.2) is 19.5 Å². The van der Waals surface area contributed by atoms with Crippen LogP contribution in [0.3, 0.4) is 0 Å². The van der Waals surface area contributed by atoms with Crippen LogP contribution in [0.25, 0.3) is 93.9 Å². The Morgan fingerprint density at radius 2 is 1.41 bits per heavy atom. The van der Waals surface area contributed by atoms with Crippen molar-refractivity contribution in [1.82, 2.24) is 19.5 Å². The fourth-order valence-electron chi connectivity index (χ4n) is 7.17. The number of furan rings is 1. The zero-order chi connectivity index (χ0) is 37.8. The van der Waals surface area contributed by atoms with Crippen molar-refractivity contribution < 1.29 is 28.6 Å². The zero-order valence-electron chi connectivity index (χ0n) is 31.6. The standard InChI is InChI=1S/C36H20N3O.C12H10N.Ir/c1-2-11-25(12-3-1)39-31-21-24-10-5-7-16-30(24)37-35(31)38-36(39)29-15-8-14-27-28-20-19-23-18-17-22-9-4-6-13-26(22)32(23)34(28)40-33(27)29;1-10-7-8-12(13-9-10)11-5-3-2-4-6-11;/h1-14,16-21H;2-5,7-9H,1H3;/q2*-1;/i;1D3;. The van der Waals surface area contributed by atoms with Crippen molar-refractivity contribution in [3.8, 4) is 28.3 Å². The van der Waals surface area contributed by atoms with Gasteiger partial charge in [0, 0.05) is 52.3 Å². The largest absolute Gasteiger partial charge is 0.500 e. The van der Waals surface area contributed by atoms with Crippen LogP contribution in [0.5, 0.6) is 0 Å². The molecule has 4 aromatic heterocycles. The molecule has 0 aliphatic heterocycles. The number of pyridine rings is 2. The Morgan fingerprint density at radius 3 is 2.24 bits per heavy atom. The monoisotopic (exact) mass is 874 g/mol. The molecule has 5 nitrogen and oxygen atoms in total.